The van der Waals surface area contributed by atoms with Crippen molar-refractivity contribution in [2.24, 2.45) is 5.92 Å². The van der Waals surface area contributed by atoms with E-state index >= 15 is 0 Å². The summed E-state index contributed by atoms with van der Waals surface area (Å²) >= 11 is 1.37. The van der Waals surface area contributed by atoms with Gasteiger partial charge in [0.2, 0.25) is 0 Å². The molecule has 0 spiro atoms. The molecule has 1 aromatic heterocycles. The van der Waals surface area contributed by atoms with Gasteiger partial charge in [0.15, 0.2) is 11.6 Å². The largest absolute Gasteiger partial charge is 0.494 e. The number of amides is 1. The molecule has 0 radical (unpaired) electrons. The fourth-order valence-corrected chi connectivity index (χ4v) is 4.74. The summed E-state index contributed by atoms with van der Waals surface area (Å²) in [6.45, 7) is 4.89. The summed E-state index contributed by atoms with van der Waals surface area (Å²) in [6, 6.07) is 13.4. The summed E-state index contributed by atoms with van der Waals surface area (Å²) in [5, 5.41) is 1.85. The molecule has 3 aromatic rings. The number of hydrogen-bond acceptors (Lipinski definition) is 6. The van der Waals surface area contributed by atoms with Gasteiger partial charge in [-0.3, -0.25) is 4.79 Å². The molecule has 6 nitrogen and oxygen atoms in total. The van der Waals surface area contributed by atoms with Crippen LogP contribution in [0.5, 0.6) is 11.5 Å². The SMILES string of the molecule is COc1ccc(S(=O)(=O)Oc2cccc(CN(CC(C)C)C(=O)c3cccs3)c2)cc1F. The van der Waals surface area contributed by atoms with Crippen LogP contribution in [0.4, 0.5) is 4.39 Å². The van der Waals surface area contributed by atoms with E-state index in [9.17, 15) is 17.6 Å². The van der Waals surface area contributed by atoms with E-state index in [0.717, 1.165) is 6.07 Å². The molecule has 0 unspecified atom stereocenters. The summed E-state index contributed by atoms with van der Waals surface area (Å²) < 4.78 is 49.2. The second kappa shape index (κ2) is 10.1. The molecule has 2 aromatic carbocycles. The maximum absolute atomic E-state index is 13.9. The van der Waals surface area contributed by atoms with Crippen molar-refractivity contribution in [3.63, 3.8) is 0 Å². The molecule has 0 saturated carbocycles. The molecule has 32 heavy (non-hydrogen) atoms. The van der Waals surface area contributed by atoms with Gasteiger partial charge < -0.3 is 13.8 Å². The fraction of sp³-hybridized carbons (Fsp3) is 0.261. The van der Waals surface area contributed by atoms with E-state index < -0.39 is 15.9 Å². The number of nitrogens with zero attached hydrogens (tertiary/aromatic N) is 1. The lowest BCUT2D eigenvalue weighted by Crippen LogP contribution is -2.33. The van der Waals surface area contributed by atoms with Crippen LogP contribution >= 0.6 is 11.3 Å². The van der Waals surface area contributed by atoms with E-state index in [1.165, 1.54) is 36.6 Å². The monoisotopic (exact) mass is 477 g/mol. The summed E-state index contributed by atoms with van der Waals surface area (Å²) in [5.41, 5.74) is 0.712. The van der Waals surface area contributed by atoms with Gasteiger partial charge in [0.05, 0.1) is 12.0 Å². The first kappa shape index (κ1) is 23.7. The molecule has 9 heteroatoms. The Morgan fingerprint density at radius 3 is 2.53 bits per heavy atom. The molecule has 3 rings (SSSR count). The molecule has 1 heterocycles. The van der Waals surface area contributed by atoms with E-state index in [-0.39, 0.29) is 28.2 Å². The first-order valence-corrected chi connectivity index (χ1v) is 12.2. The maximum Gasteiger partial charge on any atom is 0.339 e. The van der Waals surface area contributed by atoms with Gasteiger partial charge in [0.25, 0.3) is 5.91 Å². The molecule has 0 aliphatic rings. The van der Waals surface area contributed by atoms with Gasteiger partial charge in [-0.25, -0.2) is 4.39 Å². The third-order valence-corrected chi connectivity index (χ3v) is 6.60. The zero-order valence-electron chi connectivity index (χ0n) is 17.9. The number of carbonyl (C=O) groups excluding carboxylic acids is 1. The highest BCUT2D eigenvalue weighted by Gasteiger charge is 2.21. The Morgan fingerprint density at radius 2 is 1.91 bits per heavy atom. The molecule has 0 saturated heterocycles. The maximum atomic E-state index is 13.9. The summed E-state index contributed by atoms with van der Waals surface area (Å²) in [7, 11) is -2.96. The van der Waals surface area contributed by atoms with Crippen LogP contribution in [0.1, 0.15) is 29.1 Å². The first-order valence-electron chi connectivity index (χ1n) is 9.89. The van der Waals surface area contributed by atoms with E-state index in [1.54, 1.807) is 29.2 Å². The molecule has 0 N–H and O–H groups in total. The van der Waals surface area contributed by atoms with E-state index in [4.69, 9.17) is 8.92 Å². The number of rotatable bonds is 9. The van der Waals surface area contributed by atoms with Gasteiger partial charge in [0, 0.05) is 13.1 Å². The van der Waals surface area contributed by atoms with Crippen LogP contribution in [-0.4, -0.2) is 32.9 Å². The standard InChI is InChI=1S/C23H24FNO5S2/c1-16(2)14-25(23(26)22-8-5-11-31-22)15-17-6-4-7-18(12-17)30-32(27,28)19-9-10-21(29-3)20(24)13-19/h4-13,16H,14-15H2,1-3H3. The van der Waals surface area contributed by atoms with Gasteiger partial charge in [-0.1, -0.05) is 32.0 Å². The molecule has 1 amide bonds. The third kappa shape index (κ3) is 5.86. The Balaban J connectivity index is 1.80. The lowest BCUT2D eigenvalue weighted by atomic mass is 10.1. The molecule has 0 fully saturated rings. The molecular weight excluding hydrogens is 453 g/mol. The van der Waals surface area contributed by atoms with Crippen LogP contribution in [0.25, 0.3) is 0 Å². The number of halogens is 1. The Kier molecular flexibility index (Phi) is 7.52. The second-order valence-electron chi connectivity index (χ2n) is 7.54. The number of hydrogen-bond donors (Lipinski definition) is 0. The van der Waals surface area contributed by atoms with Gasteiger partial charge in [-0.2, -0.15) is 8.42 Å². The van der Waals surface area contributed by atoms with Gasteiger partial charge in [0.1, 0.15) is 10.6 Å². The van der Waals surface area contributed by atoms with Crippen molar-refractivity contribution in [1.29, 1.82) is 0 Å². The van der Waals surface area contributed by atoms with Crippen LogP contribution in [0.15, 0.2) is 64.9 Å². The molecular formula is C23H24FNO5S2. The van der Waals surface area contributed by atoms with Crippen molar-refractivity contribution in [3.8, 4) is 11.5 Å². The van der Waals surface area contributed by atoms with Crippen LogP contribution in [0, 0.1) is 11.7 Å². The van der Waals surface area contributed by atoms with Crippen LogP contribution in [0.3, 0.4) is 0 Å². The van der Waals surface area contributed by atoms with Crippen LogP contribution in [0.2, 0.25) is 0 Å². The zero-order valence-corrected chi connectivity index (χ0v) is 19.6. The minimum atomic E-state index is -4.25. The van der Waals surface area contributed by atoms with Crippen molar-refractivity contribution >= 4 is 27.4 Å². The average molecular weight is 478 g/mol. The highest BCUT2D eigenvalue weighted by molar-refractivity contribution is 7.87. The minimum Gasteiger partial charge on any atom is -0.494 e. The number of thiophene rings is 1. The number of methoxy groups -OCH3 is 1. The molecule has 170 valence electrons. The summed E-state index contributed by atoms with van der Waals surface area (Å²) in [6.07, 6.45) is 0. The summed E-state index contributed by atoms with van der Waals surface area (Å²) in [5.74, 6) is -0.620. The number of benzene rings is 2. The lowest BCUT2D eigenvalue weighted by Gasteiger charge is -2.24. The van der Waals surface area contributed by atoms with Gasteiger partial charge in [-0.05, 0) is 53.3 Å². The molecule has 0 bridgehead atoms. The Morgan fingerprint density at radius 1 is 1.12 bits per heavy atom. The minimum absolute atomic E-state index is 0.0633. The highest BCUT2D eigenvalue weighted by atomic mass is 32.2. The fourth-order valence-electron chi connectivity index (χ4n) is 3.11. The van der Waals surface area contributed by atoms with E-state index in [2.05, 4.69) is 0 Å². The van der Waals surface area contributed by atoms with Crippen molar-refractivity contribution in [2.75, 3.05) is 13.7 Å². The third-order valence-electron chi connectivity index (χ3n) is 4.49. The lowest BCUT2D eigenvalue weighted by molar-refractivity contribution is 0.0727. The first-order chi connectivity index (χ1) is 15.2. The Bertz CT molecular complexity index is 1180. The van der Waals surface area contributed by atoms with Crippen molar-refractivity contribution in [3.05, 3.63) is 76.2 Å². The topological polar surface area (TPSA) is 72.9 Å². The Hall–Kier alpha value is -2.91. The average Bonchev–Trinajstić information content (AvgIpc) is 3.27. The van der Waals surface area contributed by atoms with Crippen molar-refractivity contribution in [1.82, 2.24) is 4.90 Å². The smallest absolute Gasteiger partial charge is 0.339 e. The normalized spacial score (nSPS) is 11.4. The van der Waals surface area contributed by atoms with E-state index in [0.29, 0.717) is 23.5 Å². The number of ether oxygens (including phenoxy) is 1. The quantitative estimate of drug-likeness (QED) is 0.407. The van der Waals surface area contributed by atoms with Gasteiger partial charge in [-0.15, -0.1) is 11.3 Å². The van der Waals surface area contributed by atoms with Crippen LogP contribution < -0.4 is 8.92 Å². The summed E-state index contributed by atoms with van der Waals surface area (Å²) in [4.78, 5) is 14.9. The van der Waals surface area contributed by atoms with Gasteiger partial charge >= 0.3 is 10.1 Å². The van der Waals surface area contributed by atoms with E-state index in [1.807, 2.05) is 25.3 Å². The van der Waals surface area contributed by atoms with Crippen LogP contribution in [-0.2, 0) is 16.7 Å². The van der Waals surface area contributed by atoms with Crippen molar-refractivity contribution < 1.29 is 26.5 Å². The predicted molar refractivity (Wildman–Crippen MR) is 121 cm³/mol. The molecule has 0 aliphatic carbocycles. The highest BCUT2D eigenvalue weighted by Crippen LogP contribution is 2.25. The molecule has 0 aliphatic heterocycles. The predicted octanol–water partition coefficient (Wildman–Crippen LogP) is 4.96. The molecule has 0 atom stereocenters. The van der Waals surface area contributed by atoms with Crippen molar-refractivity contribution in [2.45, 2.75) is 25.3 Å². The second-order valence-corrected chi connectivity index (χ2v) is 10.0. The Labute approximate surface area is 191 Å². The number of carbonyl (C=O) groups is 1. The zero-order chi connectivity index (χ0) is 23.3.